The first-order valence-electron chi connectivity index (χ1n) is 8.84. The van der Waals surface area contributed by atoms with Crippen LogP contribution in [0.2, 0.25) is 0 Å². The fraction of sp³-hybridized carbons (Fsp3) is 0.190. The fourth-order valence-corrected chi connectivity index (χ4v) is 2.58. The average molecular weight is 378 g/mol. The molecular weight excluding hydrogens is 356 g/mol. The second-order valence-electron chi connectivity index (χ2n) is 5.98. The lowest BCUT2D eigenvalue weighted by Crippen LogP contribution is -2.15. The number of carbonyl (C=O) groups excluding carboxylic acids is 1. The molecule has 7 heteroatoms. The highest BCUT2D eigenvalue weighted by molar-refractivity contribution is 6.03. The quantitative estimate of drug-likeness (QED) is 0.645. The Hall–Kier alpha value is -3.61. The summed E-state index contributed by atoms with van der Waals surface area (Å²) in [5.41, 5.74) is 2.85. The third kappa shape index (κ3) is 4.56. The number of rotatable bonds is 7. The Morgan fingerprint density at radius 2 is 1.79 bits per heavy atom. The number of ether oxygens (including phenoxy) is 2. The number of hydrogen-bond donors (Lipinski definition) is 2. The molecule has 0 aliphatic carbocycles. The van der Waals surface area contributed by atoms with Gasteiger partial charge in [0, 0.05) is 11.8 Å². The summed E-state index contributed by atoms with van der Waals surface area (Å²) < 4.78 is 10.5. The molecule has 0 aliphatic rings. The molecule has 0 bridgehead atoms. The molecule has 0 fully saturated rings. The molecule has 0 radical (unpaired) electrons. The van der Waals surface area contributed by atoms with Crippen LogP contribution in [0.1, 0.15) is 23.0 Å². The standard InChI is InChI=1S/C21H22N4O3/c1-4-14-5-7-15(8-6-14)24-20-13-22-18(12-23-20)21(26)25-17-11-16(27-2)9-10-19(17)28-3/h5-13H,4H2,1-3H3,(H,23,24)(H,25,26). The van der Waals surface area contributed by atoms with Crippen molar-refractivity contribution in [2.75, 3.05) is 24.9 Å². The minimum atomic E-state index is -0.391. The second-order valence-corrected chi connectivity index (χ2v) is 5.98. The summed E-state index contributed by atoms with van der Waals surface area (Å²) in [4.78, 5) is 21.0. The van der Waals surface area contributed by atoms with Gasteiger partial charge >= 0.3 is 0 Å². The van der Waals surface area contributed by atoms with Gasteiger partial charge in [0.15, 0.2) is 0 Å². The highest BCUT2D eigenvalue weighted by Crippen LogP contribution is 2.29. The highest BCUT2D eigenvalue weighted by atomic mass is 16.5. The van der Waals surface area contributed by atoms with Crippen molar-refractivity contribution in [1.29, 1.82) is 0 Å². The summed E-state index contributed by atoms with van der Waals surface area (Å²) in [6.07, 6.45) is 3.93. The van der Waals surface area contributed by atoms with Gasteiger partial charge in [-0.05, 0) is 36.2 Å². The first-order valence-corrected chi connectivity index (χ1v) is 8.84. The summed E-state index contributed by atoms with van der Waals surface area (Å²) in [6, 6.07) is 13.2. The van der Waals surface area contributed by atoms with E-state index in [2.05, 4.69) is 39.7 Å². The lowest BCUT2D eigenvalue weighted by Gasteiger charge is -2.11. The molecule has 2 aromatic carbocycles. The largest absolute Gasteiger partial charge is 0.497 e. The molecule has 0 aliphatic heterocycles. The Labute approximate surface area is 163 Å². The average Bonchev–Trinajstić information content (AvgIpc) is 2.74. The lowest BCUT2D eigenvalue weighted by atomic mass is 10.1. The monoisotopic (exact) mass is 378 g/mol. The van der Waals surface area contributed by atoms with Crippen LogP contribution in [0.15, 0.2) is 54.9 Å². The molecule has 1 aromatic heterocycles. The van der Waals surface area contributed by atoms with Gasteiger partial charge in [0.2, 0.25) is 0 Å². The van der Waals surface area contributed by atoms with Gasteiger partial charge in [-0.15, -0.1) is 0 Å². The zero-order valence-corrected chi connectivity index (χ0v) is 16.0. The van der Waals surface area contributed by atoms with Crippen molar-refractivity contribution in [2.45, 2.75) is 13.3 Å². The summed E-state index contributed by atoms with van der Waals surface area (Å²) in [5, 5.41) is 5.93. The topological polar surface area (TPSA) is 85.4 Å². The van der Waals surface area contributed by atoms with E-state index in [0.29, 0.717) is 23.0 Å². The number of aryl methyl sites for hydroxylation is 1. The number of nitrogens with zero attached hydrogens (tertiary/aromatic N) is 2. The molecule has 3 rings (SSSR count). The van der Waals surface area contributed by atoms with Crippen molar-refractivity contribution < 1.29 is 14.3 Å². The van der Waals surface area contributed by atoms with Crippen LogP contribution >= 0.6 is 0 Å². The van der Waals surface area contributed by atoms with Crippen molar-refractivity contribution in [3.63, 3.8) is 0 Å². The van der Waals surface area contributed by atoms with Gasteiger partial charge in [-0.25, -0.2) is 9.97 Å². The Morgan fingerprint density at radius 3 is 2.39 bits per heavy atom. The van der Waals surface area contributed by atoms with E-state index < -0.39 is 5.91 Å². The van der Waals surface area contributed by atoms with Crippen molar-refractivity contribution in [2.24, 2.45) is 0 Å². The van der Waals surface area contributed by atoms with Crippen molar-refractivity contribution in [1.82, 2.24) is 9.97 Å². The Balaban J connectivity index is 1.69. The molecular formula is C21H22N4O3. The summed E-state index contributed by atoms with van der Waals surface area (Å²) in [7, 11) is 3.09. The molecule has 0 saturated heterocycles. The molecule has 2 N–H and O–H groups in total. The summed E-state index contributed by atoms with van der Waals surface area (Å²) in [5.74, 6) is 1.30. The van der Waals surface area contributed by atoms with Gasteiger partial charge < -0.3 is 20.1 Å². The molecule has 0 saturated carbocycles. The van der Waals surface area contributed by atoms with E-state index in [1.807, 2.05) is 12.1 Å². The van der Waals surface area contributed by atoms with Crippen LogP contribution in [0, 0.1) is 0 Å². The summed E-state index contributed by atoms with van der Waals surface area (Å²) >= 11 is 0. The van der Waals surface area contributed by atoms with Crippen LogP contribution < -0.4 is 20.1 Å². The van der Waals surface area contributed by atoms with Gasteiger partial charge in [-0.3, -0.25) is 4.79 Å². The summed E-state index contributed by atoms with van der Waals surface area (Å²) in [6.45, 7) is 2.11. The van der Waals surface area contributed by atoms with E-state index in [0.717, 1.165) is 12.1 Å². The molecule has 0 unspecified atom stereocenters. The minimum Gasteiger partial charge on any atom is -0.497 e. The van der Waals surface area contributed by atoms with Crippen LogP contribution in [0.4, 0.5) is 17.2 Å². The Morgan fingerprint density at radius 1 is 1.00 bits per heavy atom. The van der Waals surface area contributed by atoms with Crippen LogP contribution in [0.25, 0.3) is 0 Å². The Kier molecular flexibility index (Phi) is 6.06. The molecule has 1 amide bonds. The van der Waals surface area contributed by atoms with E-state index in [4.69, 9.17) is 9.47 Å². The molecule has 1 heterocycles. The predicted molar refractivity (Wildman–Crippen MR) is 109 cm³/mol. The van der Waals surface area contributed by atoms with Crippen LogP contribution in [-0.2, 0) is 6.42 Å². The fourth-order valence-electron chi connectivity index (χ4n) is 2.58. The highest BCUT2D eigenvalue weighted by Gasteiger charge is 2.13. The van der Waals surface area contributed by atoms with Crippen LogP contribution in [-0.4, -0.2) is 30.1 Å². The first kappa shape index (κ1) is 19.2. The maximum Gasteiger partial charge on any atom is 0.275 e. The maximum atomic E-state index is 12.5. The van der Waals surface area contributed by atoms with Gasteiger partial charge in [0.25, 0.3) is 5.91 Å². The van der Waals surface area contributed by atoms with E-state index in [-0.39, 0.29) is 5.69 Å². The second kappa shape index (κ2) is 8.85. The number of hydrogen-bond acceptors (Lipinski definition) is 6. The molecule has 7 nitrogen and oxygen atoms in total. The van der Waals surface area contributed by atoms with Crippen molar-refractivity contribution in [3.8, 4) is 11.5 Å². The third-order valence-electron chi connectivity index (χ3n) is 4.17. The molecule has 0 spiro atoms. The third-order valence-corrected chi connectivity index (χ3v) is 4.17. The normalized spacial score (nSPS) is 10.2. The lowest BCUT2D eigenvalue weighted by molar-refractivity contribution is 0.102. The number of amides is 1. The van der Waals surface area contributed by atoms with Gasteiger partial charge in [0.1, 0.15) is 23.0 Å². The minimum absolute atomic E-state index is 0.191. The number of anilines is 3. The predicted octanol–water partition coefficient (Wildman–Crippen LogP) is 4.05. The van der Waals surface area contributed by atoms with Crippen molar-refractivity contribution in [3.05, 3.63) is 66.1 Å². The zero-order chi connectivity index (χ0) is 19.9. The SMILES string of the molecule is CCc1ccc(Nc2cnc(C(=O)Nc3cc(OC)ccc3OC)cn2)cc1. The van der Waals surface area contributed by atoms with E-state index in [1.165, 1.54) is 25.1 Å². The first-order chi connectivity index (χ1) is 13.6. The Bertz CT molecular complexity index is 941. The smallest absolute Gasteiger partial charge is 0.275 e. The van der Waals surface area contributed by atoms with Gasteiger partial charge in [0.05, 0.1) is 32.3 Å². The molecule has 144 valence electrons. The van der Waals surface area contributed by atoms with Crippen molar-refractivity contribution >= 4 is 23.1 Å². The van der Waals surface area contributed by atoms with Gasteiger partial charge in [-0.1, -0.05) is 19.1 Å². The van der Waals surface area contributed by atoms with E-state index >= 15 is 0 Å². The van der Waals surface area contributed by atoms with Gasteiger partial charge in [-0.2, -0.15) is 0 Å². The number of benzene rings is 2. The number of carbonyl (C=O) groups is 1. The molecule has 3 aromatic rings. The maximum absolute atomic E-state index is 12.5. The van der Waals surface area contributed by atoms with E-state index in [9.17, 15) is 4.79 Å². The molecule has 28 heavy (non-hydrogen) atoms. The number of aromatic nitrogens is 2. The van der Waals surface area contributed by atoms with E-state index in [1.54, 1.807) is 25.3 Å². The van der Waals surface area contributed by atoms with Crippen LogP contribution in [0.3, 0.4) is 0 Å². The number of nitrogens with one attached hydrogen (secondary N) is 2. The number of methoxy groups -OCH3 is 2. The molecule has 0 atom stereocenters. The van der Waals surface area contributed by atoms with Crippen LogP contribution in [0.5, 0.6) is 11.5 Å². The zero-order valence-electron chi connectivity index (χ0n) is 16.0.